The number of halogens is 3. The Morgan fingerprint density at radius 1 is 1.16 bits per heavy atom. The maximum atomic E-state index is 12.5. The zero-order valence-electron chi connectivity index (χ0n) is 16.4. The van der Waals surface area contributed by atoms with Gasteiger partial charge in [-0.15, -0.1) is 23.4 Å². The molecule has 3 rings (SSSR count). The Hall–Kier alpha value is -2.63. The fraction of sp³-hybridized carbons (Fsp3) is 0.250. The van der Waals surface area contributed by atoms with Crippen LogP contribution in [0.2, 0.25) is 0 Å². The lowest BCUT2D eigenvalue weighted by Gasteiger charge is -2.15. The number of rotatable bonds is 7. The van der Waals surface area contributed by atoms with Crippen molar-refractivity contribution in [1.29, 1.82) is 0 Å². The van der Waals surface area contributed by atoms with Gasteiger partial charge in [-0.1, -0.05) is 47.7 Å². The van der Waals surface area contributed by atoms with Crippen LogP contribution in [0.5, 0.6) is 5.75 Å². The lowest BCUT2D eigenvalue weighted by Crippen LogP contribution is -2.27. The van der Waals surface area contributed by atoms with Gasteiger partial charge in [0.25, 0.3) is 0 Å². The van der Waals surface area contributed by atoms with E-state index in [0.717, 1.165) is 11.1 Å². The summed E-state index contributed by atoms with van der Waals surface area (Å²) in [5.74, 6) is -0.564. The van der Waals surface area contributed by atoms with Crippen molar-refractivity contribution in [3.8, 4) is 16.3 Å². The summed E-state index contributed by atoms with van der Waals surface area (Å²) in [5, 5.41) is 12.1. The fourth-order valence-corrected chi connectivity index (χ4v) is 3.70. The van der Waals surface area contributed by atoms with Crippen molar-refractivity contribution in [3.63, 3.8) is 0 Å². The molecule has 166 valence electrons. The molecule has 0 saturated heterocycles. The van der Waals surface area contributed by atoms with E-state index in [-0.39, 0.29) is 25.2 Å². The van der Waals surface area contributed by atoms with Crippen LogP contribution in [0.25, 0.3) is 10.6 Å². The minimum atomic E-state index is -4.78. The molecule has 1 heterocycles. The maximum absolute atomic E-state index is 12.5. The van der Waals surface area contributed by atoms with Gasteiger partial charge in [0.2, 0.25) is 5.91 Å². The largest absolute Gasteiger partial charge is 0.573 e. The normalized spacial score (nSPS) is 12.0. The molecule has 1 amide bonds. The van der Waals surface area contributed by atoms with E-state index in [1.165, 1.54) is 36.5 Å². The van der Waals surface area contributed by atoms with Gasteiger partial charge in [-0.25, -0.2) is 0 Å². The van der Waals surface area contributed by atoms with Gasteiger partial charge in [0, 0.05) is 19.0 Å². The van der Waals surface area contributed by atoms with Gasteiger partial charge in [0.05, 0.1) is 6.04 Å². The van der Waals surface area contributed by atoms with Crippen LogP contribution in [0.3, 0.4) is 0 Å². The molecule has 6 nitrogen and oxygen atoms in total. The van der Waals surface area contributed by atoms with E-state index in [2.05, 4.69) is 20.3 Å². The number of nitrogens with two attached hydrogens (primary N) is 1. The van der Waals surface area contributed by atoms with Crippen molar-refractivity contribution in [3.05, 3.63) is 64.7 Å². The van der Waals surface area contributed by atoms with E-state index in [1.807, 2.05) is 24.3 Å². The number of nitrogens with one attached hydrogen (secondary N) is 1. The van der Waals surface area contributed by atoms with E-state index in [9.17, 15) is 18.0 Å². The van der Waals surface area contributed by atoms with Crippen LogP contribution in [0.1, 0.15) is 29.1 Å². The molecule has 31 heavy (non-hydrogen) atoms. The van der Waals surface area contributed by atoms with Crippen LogP contribution in [0, 0.1) is 0 Å². The number of hydrogen-bond acceptors (Lipinski definition) is 6. The topological polar surface area (TPSA) is 90.1 Å². The predicted molar refractivity (Wildman–Crippen MR) is 117 cm³/mol. The number of alkyl halides is 3. The molecule has 0 saturated carbocycles. The molecule has 0 aliphatic carbocycles. The summed E-state index contributed by atoms with van der Waals surface area (Å²) < 4.78 is 41.4. The van der Waals surface area contributed by atoms with Crippen LogP contribution in [0.15, 0.2) is 48.5 Å². The molecule has 0 aliphatic rings. The molecule has 0 radical (unpaired) electrons. The van der Waals surface area contributed by atoms with Gasteiger partial charge in [0.15, 0.2) is 0 Å². The predicted octanol–water partition coefficient (Wildman–Crippen LogP) is 4.10. The van der Waals surface area contributed by atoms with Crippen molar-refractivity contribution in [2.24, 2.45) is 5.73 Å². The molecule has 3 N–H and O–H groups in total. The summed E-state index contributed by atoms with van der Waals surface area (Å²) in [6.07, 6.45) is -4.29. The molecule has 1 aromatic heterocycles. The molecule has 2 aromatic carbocycles. The highest BCUT2D eigenvalue weighted by Crippen LogP contribution is 2.32. The monoisotopic (exact) mass is 470 g/mol. The third-order valence-electron chi connectivity index (χ3n) is 4.13. The van der Waals surface area contributed by atoms with E-state index >= 15 is 0 Å². The second kappa shape index (κ2) is 10.6. The lowest BCUT2D eigenvalue weighted by molar-refractivity contribution is -0.274. The molecular weight excluding hydrogens is 449 g/mol. The highest BCUT2D eigenvalue weighted by atomic mass is 32.1. The first-order valence-corrected chi connectivity index (χ1v) is 9.79. The van der Waals surface area contributed by atoms with Crippen molar-refractivity contribution < 1.29 is 22.7 Å². The smallest absolute Gasteiger partial charge is 0.406 e. The number of amides is 1. The van der Waals surface area contributed by atoms with Crippen LogP contribution in [-0.2, 0) is 17.8 Å². The first-order valence-electron chi connectivity index (χ1n) is 8.98. The fourth-order valence-electron chi connectivity index (χ4n) is 2.81. The maximum Gasteiger partial charge on any atom is 0.573 e. The zero-order valence-corrected chi connectivity index (χ0v) is 18.3. The minimum Gasteiger partial charge on any atom is -0.406 e. The Kier molecular flexibility index (Phi) is 8.43. The standard InChI is InChI=1S/C20H19F3N4O2S.H2S/c1-12(28)25-17(9-13-5-7-14(11-24)8-6-13)19-27-26-18(30-19)15-3-2-4-16(10-15)29-20(21,22)23;/h2-8,10,17H,9,11,24H2,1H3,(H,25,28);1H2/t17-;/m0./s1. The summed E-state index contributed by atoms with van der Waals surface area (Å²) in [7, 11) is 0. The average Bonchev–Trinajstić information content (AvgIpc) is 3.17. The Labute approximate surface area is 188 Å². The van der Waals surface area contributed by atoms with Crippen molar-refractivity contribution in [2.45, 2.75) is 32.3 Å². The number of aromatic nitrogens is 2. The number of ether oxygens (including phenoxy) is 1. The van der Waals surface area contributed by atoms with E-state index in [4.69, 9.17) is 5.73 Å². The van der Waals surface area contributed by atoms with Gasteiger partial charge in [-0.2, -0.15) is 13.5 Å². The summed E-state index contributed by atoms with van der Waals surface area (Å²) in [5.41, 5.74) is 8.02. The average molecular weight is 471 g/mol. The second-order valence-electron chi connectivity index (χ2n) is 6.50. The molecule has 0 spiro atoms. The van der Waals surface area contributed by atoms with Gasteiger partial charge >= 0.3 is 6.36 Å². The van der Waals surface area contributed by atoms with Crippen LogP contribution >= 0.6 is 24.8 Å². The van der Waals surface area contributed by atoms with E-state index in [0.29, 0.717) is 28.5 Å². The highest BCUT2D eigenvalue weighted by Gasteiger charge is 2.31. The summed E-state index contributed by atoms with van der Waals surface area (Å²) in [4.78, 5) is 11.7. The van der Waals surface area contributed by atoms with Crippen LogP contribution in [-0.4, -0.2) is 22.5 Å². The molecule has 0 aliphatic heterocycles. The van der Waals surface area contributed by atoms with Gasteiger partial charge in [-0.3, -0.25) is 4.79 Å². The molecule has 1 atom stereocenters. The van der Waals surface area contributed by atoms with Crippen LogP contribution in [0.4, 0.5) is 13.2 Å². The minimum absolute atomic E-state index is 0. The molecule has 0 unspecified atom stereocenters. The molecule has 11 heteroatoms. The summed E-state index contributed by atoms with van der Waals surface area (Å²) >= 11 is 1.20. The highest BCUT2D eigenvalue weighted by molar-refractivity contribution is 7.59. The lowest BCUT2D eigenvalue weighted by atomic mass is 10.0. The number of benzene rings is 2. The first kappa shape index (κ1) is 24.6. The number of carbonyl (C=O) groups is 1. The molecule has 3 aromatic rings. The SMILES string of the molecule is CC(=O)N[C@@H](Cc1ccc(CN)cc1)c1nnc(-c2cccc(OC(F)(F)F)c2)s1.S. The molecule has 0 bridgehead atoms. The van der Waals surface area contributed by atoms with Crippen LogP contribution < -0.4 is 15.8 Å². The zero-order chi connectivity index (χ0) is 21.7. The quantitative estimate of drug-likeness (QED) is 0.543. The number of carbonyl (C=O) groups excluding carboxylic acids is 1. The first-order chi connectivity index (χ1) is 14.2. The summed E-state index contributed by atoms with van der Waals surface area (Å²) in [6.45, 7) is 1.84. The van der Waals surface area contributed by atoms with Crippen molar-refractivity contribution in [1.82, 2.24) is 15.5 Å². The Bertz CT molecular complexity index is 1010. The second-order valence-corrected chi connectivity index (χ2v) is 7.51. The van der Waals surface area contributed by atoms with Crippen molar-refractivity contribution in [2.75, 3.05) is 0 Å². The number of nitrogens with zero attached hydrogens (tertiary/aromatic N) is 2. The van der Waals surface area contributed by atoms with Gasteiger partial charge in [-0.05, 0) is 29.7 Å². The third-order valence-corrected chi connectivity index (χ3v) is 5.22. The van der Waals surface area contributed by atoms with Crippen molar-refractivity contribution >= 4 is 30.7 Å². The number of hydrogen-bond donors (Lipinski definition) is 2. The Morgan fingerprint density at radius 3 is 2.45 bits per heavy atom. The van der Waals surface area contributed by atoms with E-state index < -0.39 is 12.4 Å². The molecular formula is C20H21F3N4O2S2. The summed E-state index contributed by atoms with van der Waals surface area (Å²) in [6, 6.07) is 12.8. The van der Waals surface area contributed by atoms with Gasteiger partial charge < -0.3 is 15.8 Å². The van der Waals surface area contributed by atoms with E-state index in [1.54, 1.807) is 6.07 Å². The van der Waals surface area contributed by atoms with Gasteiger partial charge in [0.1, 0.15) is 15.8 Å². The molecule has 0 fully saturated rings. The third kappa shape index (κ3) is 7.23. The Morgan fingerprint density at radius 2 is 1.84 bits per heavy atom. The Balaban J connectivity index is 0.00000341.